The second-order valence-corrected chi connectivity index (χ2v) is 10.6. The number of carboxylic acids is 1. The monoisotopic (exact) mass is 452 g/mol. The van der Waals surface area contributed by atoms with Crippen LogP contribution in [0.1, 0.15) is 13.8 Å². The highest BCUT2D eigenvalue weighted by Gasteiger charge is 2.75. The molecule has 4 aliphatic heterocycles. The van der Waals surface area contributed by atoms with Gasteiger partial charge in [0, 0.05) is 6.20 Å². The van der Waals surface area contributed by atoms with Crippen LogP contribution < -0.4 is 0 Å². The van der Waals surface area contributed by atoms with Crippen LogP contribution in [-0.4, -0.2) is 51.7 Å². The number of amides is 2. The molecular formula is C13H13IN2O4S2. The van der Waals surface area contributed by atoms with Gasteiger partial charge >= 0.3 is 5.97 Å². The van der Waals surface area contributed by atoms with Gasteiger partial charge in [-0.2, -0.15) is 0 Å². The number of rotatable bonds is 2. The van der Waals surface area contributed by atoms with Crippen LogP contribution in [-0.2, 0) is 14.4 Å². The molecule has 1 unspecified atom stereocenters. The van der Waals surface area contributed by atoms with E-state index in [1.807, 2.05) is 41.8 Å². The van der Waals surface area contributed by atoms with Gasteiger partial charge in [0.2, 0.25) is 15.4 Å². The topological polar surface area (TPSA) is 77.9 Å². The molecule has 0 saturated carbocycles. The summed E-state index contributed by atoms with van der Waals surface area (Å²) in [5.41, 5.74) is 0. The number of β-lactam (4-membered cyclic amide) rings is 2. The molecular weight excluding hydrogens is 439 g/mol. The van der Waals surface area contributed by atoms with Gasteiger partial charge in [0.25, 0.3) is 0 Å². The molecule has 4 aliphatic rings. The quantitative estimate of drug-likeness (QED) is 0.296. The zero-order valence-corrected chi connectivity index (χ0v) is 15.5. The molecule has 3 fully saturated rings. The molecule has 4 heterocycles. The molecule has 0 spiro atoms. The normalized spacial score (nSPS) is 44.5. The van der Waals surface area contributed by atoms with Gasteiger partial charge in [0.15, 0.2) is 0 Å². The van der Waals surface area contributed by atoms with E-state index in [-0.39, 0.29) is 28.5 Å². The van der Waals surface area contributed by atoms with Crippen molar-refractivity contribution in [1.29, 1.82) is 0 Å². The number of nitrogens with zero attached hydrogens (tertiary/aromatic N) is 2. The van der Waals surface area contributed by atoms with Crippen LogP contribution in [0.5, 0.6) is 0 Å². The molecule has 0 radical (unpaired) electrons. The Morgan fingerprint density at radius 2 is 1.91 bits per heavy atom. The maximum absolute atomic E-state index is 12.7. The second-order valence-electron chi connectivity index (χ2n) is 6.26. The molecule has 6 nitrogen and oxygen atoms in total. The lowest BCUT2D eigenvalue weighted by Gasteiger charge is -2.54. The molecule has 2 amide bonds. The average molecular weight is 452 g/mol. The fourth-order valence-corrected chi connectivity index (χ4v) is 7.61. The molecule has 0 bridgehead atoms. The Labute approximate surface area is 149 Å². The maximum Gasteiger partial charge on any atom is 0.341 e. The fourth-order valence-electron chi connectivity index (χ4n) is 3.63. The highest BCUT2D eigenvalue weighted by molar-refractivity contribution is 14.1. The van der Waals surface area contributed by atoms with Crippen molar-refractivity contribution < 1.29 is 19.5 Å². The Morgan fingerprint density at radius 1 is 1.27 bits per heavy atom. The number of fused-ring (bicyclic) bond motifs is 2. The van der Waals surface area contributed by atoms with E-state index in [4.69, 9.17) is 0 Å². The first-order valence-electron chi connectivity index (χ1n) is 6.79. The first kappa shape index (κ1) is 15.1. The zero-order valence-electron chi connectivity index (χ0n) is 11.7. The van der Waals surface area contributed by atoms with Gasteiger partial charge in [-0.15, -0.1) is 23.5 Å². The van der Waals surface area contributed by atoms with E-state index < -0.39 is 20.2 Å². The van der Waals surface area contributed by atoms with Crippen LogP contribution in [0, 0.1) is 11.8 Å². The minimum absolute atomic E-state index is 0.00125. The highest BCUT2D eigenvalue weighted by Crippen LogP contribution is 2.64. The molecule has 0 aromatic heterocycles. The van der Waals surface area contributed by atoms with Gasteiger partial charge in [0.1, 0.15) is 0 Å². The molecule has 0 aromatic rings. The van der Waals surface area contributed by atoms with Crippen molar-refractivity contribution in [2.24, 2.45) is 11.8 Å². The van der Waals surface area contributed by atoms with Gasteiger partial charge in [-0.1, -0.05) is 0 Å². The van der Waals surface area contributed by atoms with E-state index in [1.54, 1.807) is 22.9 Å². The third kappa shape index (κ3) is 1.48. The summed E-state index contributed by atoms with van der Waals surface area (Å²) >= 11 is 4.92. The van der Waals surface area contributed by atoms with E-state index in [2.05, 4.69) is 0 Å². The molecule has 5 atom stereocenters. The Hall–Kier alpha value is -0.420. The third-order valence-corrected chi connectivity index (χ3v) is 10.3. The summed E-state index contributed by atoms with van der Waals surface area (Å²) in [6.45, 7) is 3.70. The molecule has 3 saturated heterocycles. The van der Waals surface area contributed by atoms with Gasteiger partial charge in [-0.25, -0.2) is 4.79 Å². The molecule has 4 rings (SSSR count). The number of aliphatic carboxylic acids is 1. The number of carboxylic acid groups (broad SMARTS) is 1. The predicted molar refractivity (Wildman–Crippen MR) is 91.0 cm³/mol. The van der Waals surface area contributed by atoms with Gasteiger partial charge in [0.05, 0.1) is 27.3 Å². The van der Waals surface area contributed by atoms with E-state index >= 15 is 0 Å². The Kier molecular flexibility index (Phi) is 2.99. The smallest absolute Gasteiger partial charge is 0.341 e. The number of carbonyl (C=O) groups is 3. The lowest BCUT2D eigenvalue weighted by atomic mass is 9.77. The standard InChI is InChI=1S/C13H13IN2O4S2/c1-12(2)13(14,11(19)20)16-8(18)6(10(16)22-12)5-7(17)15-3-4-21-9(5)15/h3-6,9-10H,1-2H3,(H,19,20)/t5?,6-,9-,10+,13-/m0/s1. The van der Waals surface area contributed by atoms with Crippen molar-refractivity contribution in [2.75, 3.05) is 0 Å². The van der Waals surface area contributed by atoms with Crippen molar-refractivity contribution in [3.05, 3.63) is 11.6 Å². The lowest BCUT2D eigenvalue weighted by molar-refractivity contribution is -0.176. The number of carbonyl (C=O) groups excluding carboxylic acids is 2. The molecule has 22 heavy (non-hydrogen) atoms. The lowest BCUT2D eigenvalue weighted by Crippen LogP contribution is -2.73. The van der Waals surface area contributed by atoms with Crippen LogP contribution >= 0.6 is 46.1 Å². The summed E-state index contributed by atoms with van der Waals surface area (Å²) in [6.07, 6.45) is 1.75. The SMILES string of the molecule is CC1(C)S[C@@H]2[C@@H](C3C(=O)N4C=CS[C@@H]34)C(=O)N2[C@@]1(I)C(=O)O. The summed E-state index contributed by atoms with van der Waals surface area (Å²) < 4.78 is -1.87. The fraction of sp³-hybridized carbons (Fsp3) is 0.615. The first-order valence-corrected chi connectivity index (χ1v) is 9.69. The second kappa shape index (κ2) is 4.35. The summed E-state index contributed by atoms with van der Waals surface area (Å²) in [5.74, 6) is -1.96. The summed E-state index contributed by atoms with van der Waals surface area (Å²) in [7, 11) is 0. The summed E-state index contributed by atoms with van der Waals surface area (Å²) in [5, 5.41) is 11.3. The molecule has 9 heteroatoms. The number of hydrogen-bond acceptors (Lipinski definition) is 5. The molecule has 1 N–H and O–H groups in total. The van der Waals surface area contributed by atoms with Gasteiger partial charge in [-0.05, 0) is 41.8 Å². The van der Waals surface area contributed by atoms with Crippen LogP contribution in [0.25, 0.3) is 0 Å². The van der Waals surface area contributed by atoms with Crippen molar-refractivity contribution in [3.63, 3.8) is 0 Å². The predicted octanol–water partition coefficient (Wildman–Crippen LogP) is 1.51. The molecule has 118 valence electrons. The van der Waals surface area contributed by atoms with Crippen LogP contribution in [0.3, 0.4) is 0 Å². The Morgan fingerprint density at radius 3 is 2.55 bits per heavy atom. The number of alkyl halides is 1. The Balaban J connectivity index is 1.65. The summed E-state index contributed by atoms with van der Waals surface area (Å²) in [6, 6.07) is 0. The van der Waals surface area contributed by atoms with E-state index in [9.17, 15) is 19.5 Å². The minimum atomic E-state index is -1.26. The molecule has 0 aromatic carbocycles. The average Bonchev–Trinajstić information content (AvgIpc) is 2.94. The Bertz CT molecular complexity index is 654. The number of hydrogen-bond donors (Lipinski definition) is 1. The van der Waals surface area contributed by atoms with Crippen LogP contribution in [0.2, 0.25) is 0 Å². The van der Waals surface area contributed by atoms with Gasteiger partial charge in [-0.3, -0.25) is 9.59 Å². The highest BCUT2D eigenvalue weighted by atomic mass is 127. The van der Waals surface area contributed by atoms with Crippen molar-refractivity contribution in [3.8, 4) is 0 Å². The molecule has 0 aliphatic carbocycles. The van der Waals surface area contributed by atoms with Gasteiger partial charge < -0.3 is 14.9 Å². The zero-order chi connectivity index (χ0) is 16.0. The summed E-state index contributed by atoms with van der Waals surface area (Å²) in [4.78, 5) is 39.8. The third-order valence-electron chi connectivity index (χ3n) is 4.86. The minimum Gasteiger partial charge on any atom is -0.479 e. The van der Waals surface area contributed by atoms with Crippen molar-refractivity contribution in [1.82, 2.24) is 9.80 Å². The van der Waals surface area contributed by atoms with Crippen molar-refractivity contribution in [2.45, 2.75) is 32.9 Å². The maximum atomic E-state index is 12.7. The first-order chi connectivity index (χ1) is 10.2. The van der Waals surface area contributed by atoms with Crippen LogP contribution in [0.15, 0.2) is 11.6 Å². The van der Waals surface area contributed by atoms with E-state index in [1.165, 1.54) is 16.7 Å². The number of thioether (sulfide) groups is 2. The van der Waals surface area contributed by atoms with Crippen LogP contribution in [0.4, 0.5) is 0 Å². The van der Waals surface area contributed by atoms with E-state index in [0.717, 1.165) is 0 Å². The number of halogens is 1. The largest absolute Gasteiger partial charge is 0.479 e. The van der Waals surface area contributed by atoms with Crippen molar-refractivity contribution >= 4 is 63.9 Å². The van der Waals surface area contributed by atoms with E-state index in [0.29, 0.717) is 0 Å².